The summed E-state index contributed by atoms with van der Waals surface area (Å²) < 4.78 is 4.51. The molecular weight excluding hydrogens is 264 g/mol. The Morgan fingerprint density at radius 3 is 2.60 bits per heavy atom. The van der Waals surface area contributed by atoms with Gasteiger partial charge in [0.2, 0.25) is 5.52 Å². The highest BCUT2D eigenvalue weighted by Crippen LogP contribution is 2.33. The normalized spacial score (nSPS) is 10.6. The lowest BCUT2D eigenvalue weighted by molar-refractivity contribution is -0.382. The number of nitro benzene ring substituents is 1. The highest BCUT2D eigenvalue weighted by Gasteiger charge is 2.22. The molecule has 0 spiro atoms. The van der Waals surface area contributed by atoms with Crippen molar-refractivity contribution in [1.82, 2.24) is 10.3 Å². The minimum Gasteiger partial charge on any atom is -0.508 e. The van der Waals surface area contributed by atoms with Crippen LogP contribution in [0.2, 0.25) is 0 Å². The number of nitro groups is 1. The third-order valence-corrected chi connectivity index (χ3v) is 2.73. The van der Waals surface area contributed by atoms with Gasteiger partial charge in [-0.3, -0.25) is 10.1 Å². The van der Waals surface area contributed by atoms with Crippen molar-refractivity contribution in [2.45, 2.75) is 0 Å². The third kappa shape index (κ3) is 1.99. The van der Waals surface area contributed by atoms with Gasteiger partial charge in [0.15, 0.2) is 0 Å². The first-order valence-electron chi connectivity index (χ1n) is 5.61. The molecule has 8 nitrogen and oxygen atoms in total. The van der Waals surface area contributed by atoms with Crippen LogP contribution in [0.1, 0.15) is 0 Å². The number of rotatable bonds is 3. The SMILES string of the molecule is O=[N+]([O-])c1c(Nc2ccc(O)cc2)ccc2nonc12. The van der Waals surface area contributed by atoms with E-state index in [1.807, 2.05) is 0 Å². The number of fused-ring (bicyclic) bond motifs is 1. The highest BCUT2D eigenvalue weighted by molar-refractivity contribution is 5.91. The Hall–Kier alpha value is -3.16. The van der Waals surface area contributed by atoms with E-state index in [0.717, 1.165) is 0 Å². The van der Waals surface area contributed by atoms with Crippen LogP contribution in [0, 0.1) is 10.1 Å². The molecule has 20 heavy (non-hydrogen) atoms. The summed E-state index contributed by atoms with van der Waals surface area (Å²) in [6.45, 7) is 0. The maximum absolute atomic E-state index is 11.2. The largest absolute Gasteiger partial charge is 0.508 e. The first-order chi connectivity index (χ1) is 9.65. The number of nitrogens with one attached hydrogen (secondary N) is 1. The fourth-order valence-corrected chi connectivity index (χ4v) is 1.82. The van der Waals surface area contributed by atoms with Gasteiger partial charge in [0.05, 0.1) is 4.92 Å². The van der Waals surface area contributed by atoms with Crippen molar-refractivity contribution in [2.75, 3.05) is 5.32 Å². The predicted octanol–water partition coefficient (Wildman–Crippen LogP) is 2.58. The van der Waals surface area contributed by atoms with Gasteiger partial charge in [0.1, 0.15) is 17.0 Å². The number of aromatic nitrogens is 2. The number of hydrogen-bond donors (Lipinski definition) is 2. The number of benzene rings is 2. The zero-order chi connectivity index (χ0) is 14.1. The monoisotopic (exact) mass is 272 g/mol. The molecule has 0 bridgehead atoms. The molecule has 0 fully saturated rings. The van der Waals surface area contributed by atoms with Crippen LogP contribution >= 0.6 is 0 Å². The van der Waals surface area contributed by atoms with Gasteiger partial charge in [-0.15, -0.1) is 0 Å². The van der Waals surface area contributed by atoms with Crippen molar-refractivity contribution in [2.24, 2.45) is 0 Å². The van der Waals surface area contributed by atoms with Crippen LogP contribution in [0.4, 0.5) is 17.1 Å². The van der Waals surface area contributed by atoms with Gasteiger partial charge in [-0.25, -0.2) is 4.63 Å². The van der Waals surface area contributed by atoms with Crippen molar-refractivity contribution in [3.8, 4) is 5.75 Å². The highest BCUT2D eigenvalue weighted by atomic mass is 16.6. The smallest absolute Gasteiger partial charge is 0.323 e. The third-order valence-electron chi connectivity index (χ3n) is 2.73. The molecule has 8 heteroatoms. The zero-order valence-corrected chi connectivity index (χ0v) is 9.98. The zero-order valence-electron chi connectivity index (χ0n) is 9.98. The van der Waals surface area contributed by atoms with E-state index in [9.17, 15) is 15.2 Å². The first kappa shape index (κ1) is 11.9. The first-order valence-corrected chi connectivity index (χ1v) is 5.61. The van der Waals surface area contributed by atoms with Crippen LogP contribution in [0.3, 0.4) is 0 Å². The van der Waals surface area contributed by atoms with Crippen molar-refractivity contribution >= 4 is 28.1 Å². The van der Waals surface area contributed by atoms with Crippen molar-refractivity contribution in [3.63, 3.8) is 0 Å². The van der Waals surface area contributed by atoms with Crippen LogP contribution < -0.4 is 5.32 Å². The lowest BCUT2D eigenvalue weighted by Gasteiger charge is -2.06. The van der Waals surface area contributed by atoms with E-state index < -0.39 is 4.92 Å². The topological polar surface area (TPSA) is 114 Å². The molecule has 0 aliphatic rings. The average molecular weight is 272 g/mol. The summed E-state index contributed by atoms with van der Waals surface area (Å²) in [7, 11) is 0. The predicted molar refractivity (Wildman–Crippen MR) is 69.8 cm³/mol. The summed E-state index contributed by atoms with van der Waals surface area (Å²) in [5.74, 6) is 0.112. The fourth-order valence-electron chi connectivity index (χ4n) is 1.82. The average Bonchev–Trinajstić information content (AvgIpc) is 2.89. The maximum Gasteiger partial charge on any atom is 0.323 e. The van der Waals surface area contributed by atoms with Gasteiger partial charge in [-0.1, -0.05) is 0 Å². The Morgan fingerprint density at radius 2 is 1.90 bits per heavy atom. The van der Waals surface area contributed by atoms with E-state index in [2.05, 4.69) is 20.3 Å². The molecule has 0 aliphatic heterocycles. The van der Waals surface area contributed by atoms with Gasteiger partial charge in [0, 0.05) is 5.69 Å². The molecule has 0 saturated heterocycles. The van der Waals surface area contributed by atoms with Gasteiger partial charge < -0.3 is 10.4 Å². The van der Waals surface area contributed by atoms with E-state index in [-0.39, 0.29) is 22.6 Å². The van der Waals surface area contributed by atoms with E-state index >= 15 is 0 Å². The molecule has 3 rings (SSSR count). The molecule has 0 radical (unpaired) electrons. The van der Waals surface area contributed by atoms with Crippen LogP contribution in [0.15, 0.2) is 41.0 Å². The number of phenols is 1. The second-order valence-electron chi connectivity index (χ2n) is 4.02. The second-order valence-corrected chi connectivity index (χ2v) is 4.02. The second kappa shape index (κ2) is 4.50. The molecule has 2 N–H and O–H groups in total. The Morgan fingerprint density at radius 1 is 1.15 bits per heavy atom. The standard InChI is InChI=1S/C12H8N4O4/c17-8-3-1-7(2-4-8)13-10-6-5-9-11(15-20-14-9)12(10)16(18)19/h1-6,13,17H. The number of aromatic hydroxyl groups is 1. The van der Waals surface area contributed by atoms with Crippen molar-refractivity contribution in [3.05, 3.63) is 46.5 Å². The molecule has 1 aromatic heterocycles. The summed E-state index contributed by atoms with van der Waals surface area (Å²) in [5, 5.41) is 30.4. The minimum atomic E-state index is -0.546. The Balaban J connectivity index is 2.08. The van der Waals surface area contributed by atoms with Crippen LogP contribution in [0.5, 0.6) is 5.75 Å². The summed E-state index contributed by atoms with van der Waals surface area (Å²) in [6.07, 6.45) is 0. The van der Waals surface area contributed by atoms with Gasteiger partial charge in [-0.05, 0) is 46.7 Å². The van der Waals surface area contributed by atoms with Crippen LogP contribution in [0.25, 0.3) is 11.0 Å². The number of anilines is 2. The van der Waals surface area contributed by atoms with Gasteiger partial charge >= 0.3 is 5.69 Å². The van der Waals surface area contributed by atoms with Crippen LogP contribution in [-0.2, 0) is 0 Å². The summed E-state index contributed by atoms with van der Waals surface area (Å²) in [4.78, 5) is 10.6. The molecule has 100 valence electrons. The Kier molecular flexibility index (Phi) is 2.68. The Bertz CT molecular complexity index is 782. The van der Waals surface area contributed by atoms with E-state index in [4.69, 9.17) is 0 Å². The van der Waals surface area contributed by atoms with E-state index in [1.165, 1.54) is 18.2 Å². The van der Waals surface area contributed by atoms with Gasteiger partial charge in [-0.2, -0.15) is 0 Å². The van der Waals surface area contributed by atoms with Crippen molar-refractivity contribution in [1.29, 1.82) is 0 Å². The molecule has 0 aliphatic carbocycles. The van der Waals surface area contributed by atoms with Crippen LogP contribution in [-0.4, -0.2) is 20.3 Å². The molecule has 3 aromatic rings. The molecule has 0 saturated carbocycles. The lowest BCUT2D eigenvalue weighted by Crippen LogP contribution is -1.98. The fraction of sp³-hybridized carbons (Fsp3) is 0. The molecular formula is C12H8N4O4. The summed E-state index contributed by atoms with van der Waals surface area (Å²) >= 11 is 0. The van der Waals surface area contributed by atoms with E-state index in [0.29, 0.717) is 11.2 Å². The quantitative estimate of drug-likeness (QED) is 0.427. The molecule has 2 aromatic carbocycles. The summed E-state index contributed by atoms with van der Waals surface area (Å²) in [5.41, 5.74) is 1.05. The minimum absolute atomic E-state index is 0.0822. The Labute approximate surface area is 111 Å². The van der Waals surface area contributed by atoms with Crippen molar-refractivity contribution < 1.29 is 14.7 Å². The maximum atomic E-state index is 11.2. The summed E-state index contributed by atoms with van der Waals surface area (Å²) in [6, 6.07) is 9.25. The molecule has 0 unspecified atom stereocenters. The van der Waals surface area contributed by atoms with Gasteiger partial charge in [0.25, 0.3) is 0 Å². The number of nitrogens with zero attached hydrogens (tertiary/aromatic N) is 3. The lowest BCUT2D eigenvalue weighted by atomic mass is 10.2. The van der Waals surface area contributed by atoms with E-state index in [1.54, 1.807) is 18.2 Å². The molecule has 0 atom stereocenters. The number of hydrogen-bond acceptors (Lipinski definition) is 7. The molecule has 0 amide bonds. The molecule has 1 heterocycles. The number of phenolic OH excluding ortho intramolecular Hbond substituents is 1.